The maximum atomic E-state index is 12.3. The monoisotopic (exact) mass is 322 g/mol. The molecule has 0 aromatic rings. The molecule has 0 radical (unpaired) electrons. The highest BCUT2D eigenvalue weighted by Crippen LogP contribution is 2.37. The number of aliphatic hydroxyl groups is 1. The van der Waals surface area contributed by atoms with Crippen LogP contribution in [-0.2, 0) is 9.53 Å². The second-order valence-electron chi connectivity index (χ2n) is 8.08. The highest BCUT2D eigenvalue weighted by Gasteiger charge is 2.57. The van der Waals surface area contributed by atoms with Gasteiger partial charge in [0.1, 0.15) is 18.3 Å². The van der Waals surface area contributed by atoms with Crippen molar-refractivity contribution in [2.45, 2.75) is 69.5 Å². The Bertz CT molecular complexity index is 540. The van der Waals surface area contributed by atoms with Gasteiger partial charge in [-0.2, -0.15) is 0 Å². The first-order valence-corrected chi connectivity index (χ1v) is 8.59. The summed E-state index contributed by atoms with van der Waals surface area (Å²) in [6, 6.07) is 0.205. The highest BCUT2D eigenvalue weighted by atomic mass is 16.5. The minimum absolute atomic E-state index is 0.0205. The van der Waals surface area contributed by atoms with E-state index in [0.29, 0.717) is 5.90 Å². The predicted octanol–water partition coefficient (Wildman–Crippen LogP) is -0.452. The molecule has 128 valence electrons. The lowest BCUT2D eigenvalue weighted by Gasteiger charge is -2.38. The fourth-order valence-electron chi connectivity index (χ4n) is 3.82. The fourth-order valence-corrected chi connectivity index (χ4v) is 3.82. The number of ether oxygens (including phenoxy) is 1. The van der Waals surface area contributed by atoms with Crippen LogP contribution in [0.5, 0.6) is 0 Å². The summed E-state index contributed by atoms with van der Waals surface area (Å²) in [4.78, 5) is 21.3. The fraction of sp³-hybridized carbons (Fsp3) is 0.875. The molecule has 0 amide bonds. The number of rotatable bonds is 3. The van der Waals surface area contributed by atoms with E-state index in [4.69, 9.17) is 4.74 Å². The number of morpholine rings is 1. The molecule has 2 N–H and O–H groups in total. The minimum Gasteiger partial charge on any atom is -0.409 e. The summed E-state index contributed by atoms with van der Waals surface area (Å²) in [5, 5.41) is 13.5. The van der Waals surface area contributed by atoms with Crippen molar-refractivity contribution >= 4 is 11.9 Å². The third-order valence-electron chi connectivity index (χ3n) is 5.02. The number of esters is 1. The average Bonchev–Trinajstić information content (AvgIpc) is 3.34. The first kappa shape index (κ1) is 15.5. The van der Waals surface area contributed by atoms with Crippen molar-refractivity contribution in [1.29, 1.82) is 0 Å². The van der Waals surface area contributed by atoms with Crippen LogP contribution in [0.4, 0.5) is 0 Å². The number of hydrogen-bond acceptors (Lipinski definition) is 7. The van der Waals surface area contributed by atoms with Gasteiger partial charge in [0.05, 0.1) is 11.6 Å². The summed E-state index contributed by atoms with van der Waals surface area (Å²) in [7, 11) is 0. The van der Waals surface area contributed by atoms with Crippen LogP contribution in [0.2, 0.25) is 0 Å². The number of hydrogen-bond donors (Lipinski definition) is 2. The van der Waals surface area contributed by atoms with Gasteiger partial charge < -0.3 is 15.2 Å². The molecule has 0 aromatic heterocycles. The zero-order chi connectivity index (χ0) is 16.4. The Kier molecular flexibility index (Phi) is 3.53. The Labute approximate surface area is 136 Å². The third-order valence-corrected chi connectivity index (χ3v) is 5.02. The summed E-state index contributed by atoms with van der Waals surface area (Å²) in [6.07, 6.45) is 1.42. The zero-order valence-electron chi connectivity index (χ0n) is 14.0. The average molecular weight is 322 g/mol. The van der Waals surface area contributed by atoms with Crippen molar-refractivity contribution in [2.75, 3.05) is 19.6 Å². The van der Waals surface area contributed by atoms with Gasteiger partial charge in [0.2, 0.25) is 5.90 Å². The van der Waals surface area contributed by atoms with E-state index in [1.807, 2.05) is 20.8 Å². The van der Waals surface area contributed by atoms with Crippen molar-refractivity contribution in [3.8, 4) is 0 Å². The molecule has 6 atom stereocenters. The van der Waals surface area contributed by atoms with Gasteiger partial charge in [-0.25, -0.2) is 9.79 Å². The van der Waals surface area contributed by atoms with Crippen LogP contribution in [-0.4, -0.2) is 82.3 Å². The molecule has 7 heteroatoms. The standard InChI is InChI=1S/C16H26N4O3/c1-16(2,3)18-13-12(11-8-20(11)14(21)9-7-17-9)19-6-4-5-10(19)15(22)23-13/h9-12,14,17,21H,4-8H2,1-3H3. The van der Waals surface area contributed by atoms with E-state index in [1.165, 1.54) is 0 Å². The second kappa shape index (κ2) is 5.24. The van der Waals surface area contributed by atoms with Gasteiger partial charge in [0.15, 0.2) is 0 Å². The topological polar surface area (TPSA) is 87.1 Å². The number of aliphatic imine (C=N–C) groups is 1. The first-order chi connectivity index (χ1) is 10.8. The molecule has 0 aromatic carbocycles. The molecule has 4 saturated heterocycles. The maximum absolute atomic E-state index is 12.3. The normalized spacial score (nSPS) is 43.2. The summed E-state index contributed by atoms with van der Waals surface area (Å²) in [5.74, 6) is 0.363. The molecule has 7 nitrogen and oxygen atoms in total. The summed E-state index contributed by atoms with van der Waals surface area (Å²) < 4.78 is 5.64. The van der Waals surface area contributed by atoms with E-state index in [9.17, 15) is 9.90 Å². The van der Waals surface area contributed by atoms with Gasteiger partial charge in [-0.1, -0.05) is 0 Å². The van der Waals surface area contributed by atoms with Gasteiger partial charge in [-0.15, -0.1) is 0 Å². The lowest BCUT2D eigenvalue weighted by atomic mass is 10.1. The largest absolute Gasteiger partial charge is 0.409 e. The molecule has 0 aliphatic carbocycles. The molecule has 4 fully saturated rings. The number of carbonyl (C=O) groups excluding carboxylic acids is 1. The van der Waals surface area contributed by atoms with E-state index in [1.54, 1.807) is 0 Å². The van der Waals surface area contributed by atoms with Gasteiger partial charge in [0, 0.05) is 19.1 Å². The van der Waals surface area contributed by atoms with Crippen molar-refractivity contribution < 1.29 is 14.6 Å². The molecule has 0 spiro atoms. The predicted molar refractivity (Wildman–Crippen MR) is 85.1 cm³/mol. The van der Waals surface area contributed by atoms with Gasteiger partial charge in [-0.05, 0) is 40.2 Å². The van der Waals surface area contributed by atoms with E-state index in [-0.39, 0.29) is 35.7 Å². The van der Waals surface area contributed by atoms with Gasteiger partial charge >= 0.3 is 5.97 Å². The van der Waals surface area contributed by atoms with Gasteiger partial charge in [-0.3, -0.25) is 9.80 Å². The quantitative estimate of drug-likeness (QED) is 0.540. The van der Waals surface area contributed by atoms with Crippen molar-refractivity contribution in [3.05, 3.63) is 0 Å². The van der Waals surface area contributed by atoms with Crippen LogP contribution < -0.4 is 5.32 Å². The molecule has 4 heterocycles. The Morgan fingerprint density at radius 2 is 2.17 bits per heavy atom. The minimum atomic E-state index is -0.449. The van der Waals surface area contributed by atoms with Gasteiger partial charge in [0.25, 0.3) is 0 Å². The summed E-state index contributed by atoms with van der Waals surface area (Å²) >= 11 is 0. The van der Waals surface area contributed by atoms with Crippen LogP contribution in [0.1, 0.15) is 33.6 Å². The second-order valence-corrected chi connectivity index (χ2v) is 8.08. The molecule has 0 bridgehead atoms. The molecular formula is C16H26N4O3. The highest BCUT2D eigenvalue weighted by molar-refractivity contribution is 5.98. The van der Waals surface area contributed by atoms with Crippen LogP contribution in [0.3, 0.4) is 0 Å². The van der Waals surface area contributed by atoms with E-state index in [2.05, 4.69) is 20.1 Å². The van der Waals surface area contributed by atoms with Crippen LogP contribution in [0.25, 0.3) is 0 Å². The molecule has 6 unspecified atom stereocenters. The molecule has 23 heavy (non-hydrogen) atoms. The van der Waals surface area contributed by atoms with Crippen molar-refractivity contribution in [1.82, 2.24) is 15.1 Å². The van der Waals surface area contributed by atoms with Crippen LogP contribution >= 0.6 is 0 Å². The lowest BCUT2D eigenvalue weighted by Crippen LogP contribution is -2.58. The lowest BCUT2D eigenvalue weighted by molar-refractivity contribution is -0.145. The third kappa shape index (κ3) is 2.91. The van der Waals surface area contributed by atoms with E-state index in [0.717, 1.165) is 32.5 Å². The number of nitrogens with one attached hydrogen (secondary N) is 1. The number of nitrogens with zero attached hydrogens (tertiary/aromatic N) is 3. The smallest absolute Gasteiger partial charge is 0.329 e. The summed E-state index contributed by atoms with van der Waals surface area (Å²) in [5.41, 5.74) is -0.295. The Morgan fingerprint density at radius 3 is 2.83 bits per heavy atom. The van der Waals surface area contributed by atoms with E-state index >= 15 is 0 Å². The first-order valence-electron chi connectivity index (χ1n) is 8.59. The maximum Gasteiger partial charge on any atom is 0.329 e. The Morgan fingerprint density at radius 1 is 1.43 bits per heavy atom. The molecule has 0 saturated carbocycles. The van der Waals surface area contributed by atoms with Crippen molar-refractivity contribution in [2.24, 2.45) is 4.99 Å². The molecule has 4 aliphatic heterocycles. The zero-order valence-corrected chi connectivity index (χ0v) is 14.0. The summed E-state index contributed by atoms with van der Waals surface area (Å²) in [6.45, 7) is 8.63. The number of carbonyl (C=O) groups is 1. The number of aliphatic hydroxyl groups excluding tert-OH is 1. The molecule has 4 rings (SSSR count). The van der Waals surface area contributed by atoms with Crippen LogP contribution in [0, 0.1) is 0 Å². The van der Waals surface area contributed by atoms with Crippen LogP contribution in [0.15, 0.2) is 4.99 Å². The Hall–Kier alpha value is -1.02. The Balaban J connectivity index is 1.59. The van der Waals surface area contributed by atoms with E-state index < -0.39 is 6.23 Å². The SMILES string of the molecule is CC(C)(C)N=C1OC(=O)C2CCCN2C1C1CN1C(O)C1CN1. The number of cyclic esters (lactones) is 1. The van der Waals surface area contributed by atoms with Crippen molar-refractivity contribution in [3.63, 3.8) is 0 Å². The molecule has 4 aliphatic rings. The molecular weight excluding hydrogens is 296 g/mol. The number of fused-ring (bicyclic) bond motifs is 1.